The van der Waals surface area contributed by atoms with Crippen molar-refractivity contribution in [2.24, 2.45) is 5.92 Å². The fourth-order valence-corrected chi connectivity index (χ4v) is 5.89. The van der Waals surface area contributed by atoms with Crippen molar-refractivity contribution in [2.75, 3.05) is 26.2 Å². The molecule has 184 valence electrons. The molecule has 0 aromatic heterocycles. The Morgan fingerprint density at radius 2 is 1.79 bits per heavy atom. The van der Waals surface area contributed by atoms with E-state index in [9.17, 15) is 31.2 Å². The Morgan fingerprint density at radius 1 is 1.12 bits per heavy atom. The summed E-state index contributed by atoms with van der Waals surface area (Å²) in [5, 5.41) is -0.587. The second-order valence-corrected chi connectivity index (χ2v) is 10.7. The third-order valence-electron chi connectivity index (χ3n) is 6.13. The molecule has 1 atom stereocenters. The highest BCUT2D eigenvalue weighted by atomic mass is 35.5. The molecule has 2 aliphatic rings. The molecule has 2 saturated heterocycles. The lowest BCUT2D eigenvalue weighted by Gasteiger charge is -2.33. The number of benzene rings is 1. The lowest BCUT2D eigenvalue weighted by molar-refractivity contribution is -0.157. The van der Waals surface area contributed by atoms with Gasteiger partial charge in [0.1, 0.15) is 0 Å². The highest BCUT2D eigenvalue weighted by molar-refractivity contribution is 7.89. The number of likely N-dealkylation sites (tertiary alicyclic amines) is 1. The summed E-state index contributed by atoms with van der Waals surface area (Å²) in [4.78, 5) is 25.9. The van der Waals surface area contributed by atoms with Crippen LogP contribution in [0.3, 0.4) is 0 Å². The van der Waals surface area contributed by atoms with Crippen LogP contribution in [0.5, 0.6) is 0 Å². The zero-order chi connectivity index (χ0) is 24.4. The molecule has 12 heteroatoms. The second kappa shape index (κ2) is 10.2. The Bertz CT molecular complexity index is 994. The number of piperidine rings is 2. The molecule has 2 fully saturated rings. The van der Waals surface area contributed by atoms with Gasteiger partial charge in [-0.15, -0.1) is 0 Å². The Labute approximate surface area is 195 Å². The number of ether oxygens (including phenoxy) is 1. The summed E-state index contributed by atoms with van der Waals surface area (Å²) >= 11 is 5.57. The number of halogens is 4. The lowest BCUT2D eigenvalue weighted by atomic mass is 9.98. The summed E-state index contributed by atoms with van der Waals surface area (Å²) in [7, 11) is -4.20. The SMILES string of the molecule is C[C@@H]1CCCCN1C(=O)COC(=O)C1CCN(S(=O)(=O)c2ccc(Cl)c(C(F)(F)F)c2)CC1. The van der Waals surface area contributed by atoms with Gasteiger partial charge in [0, 0.05) is 25.7 Å². The Morgan fingerprint density at radius 3 is 2.39 bits per heavy atom. The van der Waals surface area contributed by atoms with Gasteiger partial charge in [-0.25, -0.2) is 8.42 Å². The molecule has 2 heterocycles. The molecular formula is C21H26ClF3N2O5S. The molecule has 1 amide bonds. The van der Waals surface area contributed by atoms with Gasteiger partial charge in [-0.05, 0) is 57.2 Å². The zero-order valence-electron chi connectivity index (χ0n) is 18.1. The first-order chi connectivity index (χ1) is 15.4. The number of rotatable bonds is 5. The smallest absolute Gasteiger partial charge is 0.417 e. The molecular weight excluding hydrogens is 485 g/mol. The van der Waals surface area contributed by atoms with Crippen LogP contribution in [-0.2, 0) is 30.5 Å². The highest BCUT2D eigenvalue weighted by Gasteiger charge is 2.37. The average Bonchev–Trinajstić information content (AvgIpc) is 2.77. The van der Waals surface area contributed by atoms with Crippen LogP contribution in [0.2, 0.25) is 5.02 Å². The van der Waals surface area contributed by atoms with E-state index in [4.69, 9.17) is 16.3 Å². The molecule has 0 unspecified atom stereocenters. The van der Waals surface area contributed by atoms with Crippen LogP contribution < -0.4 is 0 Å². The van der Waals surface area contributed by atoms with E-state index in [2.05, 4.69) is 0 Å². The van der Waals surface area contributed by atoms with Crippen molar-refractivity contribution in [3.05, 3.63) is 28.8 Å². The van der Waals surface area contributed by atoms with Crippen molar-refractivity contribution in [2.45, 2.75) is 56.1 Å². The maximum Gasteiger partial charge on any atom is 0.417 e. The van der Waals surface area contributed by atoms with E-state index < -0.39 is 43.6 Å². The molecule has 1 aromatic carbocycles. The van der Waals surface area contributed by atoms with Crippen LogP contribution in [0.4, 0.5) is 13.2 Å². The van der Waals surface area contributed by atoms with Gasteiger partial charge in [0.05, 0.1) is 21.4 Å². The second-order valence-electron chi connectivity index (χ2n) is 8.36. The van der Waals surface area contributed by atoms with Gasteiger partial charge in [-0.2, -0.15) is 17.5 Å². The summed E-state index contributed by atoms with van der Waals surface area (Å²) in [5.41, 5.74) is -1.23. The molecule has 0 radical (unpaired) electrons. The predicted molar refractivity (Wildman–Crippen MR) is 114 cm³/mol. The molecule has 1 aromatic rings. The summed E-state index contributed by atoms with van der Waals surface area (Å²) in [6.07, 6.45) is -1.62. The first-order valence-electron chi connectivity index (χ1n) is 10.7. The van der Waals surface area contributed by atoms with Gasteiger partial charge in [-0.1, -0.05) is 11.6 Å². The fourth-order valence-electron chi connectivity index (χ4n) is 4.17. The number of hydrogen-bond donors (Lipinski definition) is 0. The largest absolute Gasteiger partial charge is 0.455 e. The van der Waals surface area contributed by atoms with Crippen molar-refractivity contribution >= 4 is 33.5 Å². The monoisotopic (exact) mass is 510 g/mol. The number of carbonyl (C=O) groups excluding carboxylic acids is 2. The molecule has 0 N–H and O–H groups in total. The minimum absolute atomic E-state index is 0.0524. The molecule has 7 nitrogen and oxygen atoms in total. The van der Waals surface area contributed by atoms with Gasteiger partial charge in [-0.3, -0.25) is 9.59 Å². The van der Waals surface area contributed by atoms with Crippen LogP contribution in [0.1, 0.15) is 44.6 Å². The van der Waals surface area contributed by atoms with Gasteiger partial charge < -0.3 is 9.64 Å². The Balaban J connectivity index is 1.56. The maximum atomic E-state index is 13.1. The first-order valence-corrected chi connectivity index (χ1v) is 12.6. The van der Waals surface area contributed by atoms with Crippen LogP contribution in [0.15, 0.2) is 23.1 Å². The molecule has 3 rings (SSSR count). The Hall–Kier alpha value is -1.85. The average molecular weight is 511 g/mol. The molecule has 0 saturated carbocycles. The third-order valence-corrected chi connectivity index (χ3v) is 8.35. The number of alkyl halides is 3. The fraction of sp³-hybridized carbons (Fsp3) is 0.619. The molecule has 0 spiro atoms. The van der Waals surface area contributed by atoms with Crippen LogP contribution in [-0.4, -0.2) is 61.8 Å². The standard InChI is InChI=1S/C21H26ClF3N2O5S/c1-14-4-2-3-9-27(14)19(28)13-32-20(29)15-7-10-26(11-8-15)33(30,31)16-5-6-18(22)17(12-16)21(23,24)25/h5-6,12,14-15H,2-4,7-11,13H2,1H3/t14-/m1/s1. The lowest BCUT2D eigenvalue weighted by Crippen LogP contribution is -2.45. The van der Waals surface area contributed by atoms with E-state index >= 15 is 0 Å². The normalized spacial score (nSPS) is 21.1. The van der Waals surface area contributed by atoms with Crippen molar-refractivity contribution in [1.82, 2.24) is 9.21 Å². The predicted octanol–water partition coefficient (Wildman–Crippen LogP) is 3.70. The minimum atomic E-state index is -4.79. The number of carbonyl (C=O) groups is 2. The molecule has 0 bridgehead atoms. The van der Waals surface area contributed by atoms with Gasteiger partial charge in [0.15, 0.2) is 6.61 Å². The third kappa shape index (κ3) is 5.99. The van der Waals surface area contributed by atoms with E-state index in [1.54, 1.807) is 4.90 Å². The van der Waals surface area contributed by atoms with Gasteiger partial charge in [0.25, 0.3) is 5.91 Å². The highest BCUT2D eigenvalue weighted by Crippen LogP contribution is 2.37. The minimum Gasteiger partial charge on any atom is -0.455 e. The topological polar surface area (TPSA) is 84.0 Å². The first kappa shape index (κ1) is 25.8. The number of hydrogen-bond acceptors (Lipinski definition) is 5. The maximum absolute atomic E-state index is 13.1. The van der Waals surface area contributed by atoms with E-state index in [1.807, 2.05) is 6.92 Å². The van der Waals surface area contributed by atoms with E-state index in [1.165, 1.54) is 0 Å². The van der Waals surface area contributed by atoms with E-state index in [-0.39, 0.29) is 44.5 Å². The van der Waals surface area contributed by atoms with Crippen LogP contribution in [0.25, 0.3) is 0 Å². The number of esters is 1. The van der Waals surface area contributed by atoms with Crippen LogP contribution >= 0.6 is 11.6 Å². The summed E-state index contributed by atoms with van der Waals surface area (Å²) in [6.45, 7) is 2.13. The number of sulfonamides is 1. The quantitative estimate of drug-likeness (QED) is 0.564. The van der Waals surface area contributed by atoms with Crippen molar-refractivity contribution < 1.29 is 35.9 Å². The zero-order valence-corrected chi connectivity index (χ0v) is 19.7. The van der Waals surface area contributed by atoms with E-state index in [0.717, 1.165) is 35.7 Å². The summed E-state index contributed by atoms with van der Waals surface area (Å²) in [6, 6.07) is 2.55. The van der Waals surface area contributed by atoms with Crippen molar-refractivity contribution in [3.8, 4) is 0 Å². The van der Waals surface area contributed by atoms with Gasteiger partial charge >= 0.3 is 12.1 Å². The number of amides is 1. The van der Waals surface area contributed by atoms with Crippen molar-refractivity contribution in [3.63, 3.8) is 0 Å². The van der Waals surface area contributed by atoms with E-state index in [0.29, 0.717) is 12.6 Å². The van der Waals surface area contributed by atoms with Crippen LogP contribution in [0, 0.1) is 5.92 Å². The molecule has 2 aliphatic heterocycles. The summed E-state index contributed by atoms with van der Waals surface area (Å²) in [5.74, 6) is -1.41. The van der Waals surface area contributed by atoms with Crippen molar-refractivity contribution in [1.29, 1.82) is 0 Å². The molecule has 33 heavy (non-hydrogen) atoms. The van der Waals surface area contributed by atoms with Gasteiger partial charge in [0.2, 0.25) is 10.0 Å². The summed E-state index contributed by atoms with van der Waals surface area (Å²) < 4.78 is 71.2. The molecule has 0 aliphatic carbocycles. The Kier molecular flexibility index (Phi) is 7.95. The number of nitrogens with zero attached hydrogens (tertiary/aromatic N) is 2.